The smallest absolute Gasteiger partial charge is 0.330 e. The second-order valence-corrected chi connectivity index (χ2v) is 15.7. The summed E-state index contributed by atoms with van der Waals surface area (Å²) < 4.78 is 51.5. The molecule has 7 rings (SSSR count). The van der Waals surface area contributed by atoms with Crippen molar-refractivity contribution in [2.45, 2.75) is 106 Å². The first kappa shape index (κ1) is 48.1. The summed E-state index contributed by atoms with van der Waals surface area (Å²) in [4.78, 5) is 27.4. The van der Waals surface area contributed by atoms with E-state index >= 15 is 0 Å². The van der Waals surface area contributed by atoms with Crippen LogP contribution in [0, 0.1) is 0 Å². The largest absolute Gasteiger partial charge is 0.507 e. The number of rotatable bonds is 12. The number of phenols is 4. The van der Waals surface area contributed by atoms with Gasteiger partial charge in [0.15, 0.2) is 41.2 Å². The lowest BCUT2D eigenvalue weighted by atomic mass is 9.97. The zero-order chi connectivity index (χ0) is 47.9. The molecule has 23 nitrogen and oxygen atoms in total. The van der Waals surface area contributed by atoms with Gasteiger partial charge in [-0.3, -0.25) is 4.79 Å². The number of ether oxygens (including phenoxy) is 8. The van der Waals surface area contributed by atoms with Gasteiger partial charge in [0.05, 0.1) is 19.3 Å². The Labute approximate surface area is 372 Å². The molecule has 358 valence electrons. The predicted molar refractivity (Wildman–Crippen MR) is 219 cm³/mol. The molecule has 66 heavy (non-hydrogen) atoms. The predicted octanol–water partition coefficient (Wildman–Crippen LogP) is -1.21. The Kier molecular flexibility index (Phi) is 14.3. The van der Waals surface area contributed by atoms with Crippen LogP contribution in [0.1, 0.15) is 19.4 Å². The van der Waals surface area contributed by atoms with Crippen LogP contribution >= 0.6 is 0 Å². The number of methoxy groups -OCH3 is 1. The Balaban J connectivity index is 1.27. The summed E-state index contributed by atoms with van der Waals surface area (Å²) in [6.07, 6.45) is -23.4. The molecule has 3 fully saturated rings. The molecule has 15 atom stereocenters. The molecule has 0 aliphatic carbocycles. The number of phenolic OH excluding ortho intramolecular Hbond substituents is 4. The second-order valence-electron chi connectivity index (χ2n) is 15.7. The van der Waals surface area contributed by atoms with E-state index in [1.165, 1.54) is 57.4 Å². The Bertz CT molecular complexity index is 2470. The van der Waals surface area contributed by atoms with Crippen LogP contribution in [-0.4, -0.2) is 173 Å². The highest BCUT2D eigenvalue weighted by molar-refractivity contribution is 5.89. The monoisotopic (exact) mass is 932 g/mol. The minimum atomic E-state index is -2.09. The minimum Gasteiger partial charge on any atom is -0.507 e. The number of benzene rings is 3. The van der Waals surface area contributed by atoms with E-state index in [2.05, 4.69) is 0 Å². The van der Waals surface area contributed by atoms with Crippen molar-refractivity contribution in [3.05, 3.63) is 70.4 Å². The second kappa shape index (κ2) is 19.6. The van der Waals surface area contributed by atoms with Crippen molar-refractivity contribution >= 4 is 23.0 Å². The molecule has 0 bridgehead atoms. The van der Waals surface area contributed by atoms with Gasteiger partial charge in [0, 0.05) is 23.8 Å². The third kappa shape index (κ3) is 9.69. The topological polar surface area (TPSA) is 364 Å². The van der Waals surface area contributed by atoms with Crippen molar-refractivity contribution < 1.29 is 108 Å². The van der Waals surface area contributed by atoms with E-state index in [9.17, 15) is 70.9 Å². The highest BCUT2D eigenvalue weighted by Crippen LogP contribution is 2.41. The lowest BCUT2D eigenvalue weighted by Gasteiger charge is -2.45. The van der Waals surface area contributed by atoms with Gasteiger partial charge in [-0.25, -0.2) is 4.79 Å². The van der Waals surface area contributed by atoms with Crippen LogP contribution in [0.2, 0.25) is 0 Å². The summed E-state index contributed by atoms with van der Waals surface area (Å²) in [5, 5.41) is 126. The van der Waals surface area contributed by atoms with Crippen molar-refractivity contribution in [3.8, 4) is 51.6 Å². The van der Waals surface area contributed by atoms with Crippen molar-refractivity contribution in [1.29, 1.82) is 0 Å². The summed E-state index contributed by atoms with van der Waals surface area (Å²) in [5.41, 5.74) is -1.23. The maximum absolute atomic E-state index is 14.6. The summed E-state index contributed by atoms with van der Waals surface area (Å²) in [6, 6.07) is 9.48. The van der Waals surface area contributed by atoms with Crippen molar-refractivity contribution in [2.24, 2.45) is 0 Å². The number of carbonyl (C=O) groups excluding carboxylic acids is 1. The van der Waals surface area contributed by atoms with Crippen LogP contribution in [-0.2, 0) is 28.5 Å². The van der Waals surface area contributed by atoms with Gasteiger partial charge in [0.1, 0.15) is 84.0 Å². The van der Waals surface area contributed by atoms with Crippen LogP contribution in [0.5, 0.6) is 40.2 Å². The highest BCUT2D eigenvalue weighted by Gasteiger charge is 2.52. The van der Waals surface area contributed by atoms with Crippen LogP contribution in [0.15, 0.2) is 63.8 Å². The number of hydrogen-bond acceptors (Lipinski definition) is 23. The molecule has 1 aromatic heterocycles. The average Bonchev–Trinajstić information content (AvgIpc) is 3.28. The number of carbonyl (C=O) groups is 1. The summed E-state index contributed by atoms with van der Waals surface area (Å²) in [6.45, 7) is 1.97. The van der Waals surface area contributed by atoms with E-state index in [-0.39, 0.29) is 34.0 Å². The Hall–Kier alpha value is -5.80. The number of fused-ring (bicyclic) bond motifs is 1. The van der Waals surface area contributed by atoms with Crippen molar-refractivity contribution in [2.75, 3.05) is 13.7 Å². The molecule has 0 amide bonds. The molecule has 3 aliphatic heterocycles. The van der Waals surface area contributed by atoms with E-state index < -0.39 is 144 Å². The van der Waals surface area contributed by atoms with E-state index in [0.29, 0.717) is 0 Å². The maximum Gasteiger partial charge on any atom is 0.330 e. The average molecular weight is 933 g/mol. The van der Waals surface area contributed by atoms with Gasteiger partial charge in [-0.05, 0) is 55.8 Å². The van der Waals surface area contributed by atoms with E-state index in [0.717, 1.165) is 24.3 Å². The number of hydrogen-bond donors (Lipinski definition) is 12. The first-order chi connectivity index (χ1) is 31.3. The van der Waals surface area contributed by atoms with Gasteiger partial charge in [-0.15, -0.1) is 0 Å². The van der Waals surface area contributed by atoms with Gasteiger partial charge in [0.2, 0.25) is 23.8 Å². The zero-order valence-corrected chi connectivity index (χ0v) is 35.0. The summed E-state index contributed by atoms with van der Waals surface area (Å²) in [7, 11) is 1.23. The molecule has 3 aliphatic rings. The highest BCUT2D eigenvalue weighted by atomic mass is 16.8. The number of aliphatic hydroxyl groups is 8. The van der Waals surface area contributed by atoms with Gasteiger partial charge in [0.25, 0.3) is 0 Å². The van der Waals surface area contributed by atoms with Gasteiger partial charge >= 0.3 is 5.97 Å². The Morgan fingerprint density at radius 3 is 1.98 bits per heavy atom. The van der Waals surface area contributed by atoms with Crippen LogP contribution in [0.4, 0.5) is 0 Å². The maximum atomic E-state index is 14.6. The fraction of sp³-hybridized carbons (Fsp3) is 0.442. The minimum absolute atomic E-state index is 0.0218. The van der Waals surface area contributed by atoms with Crippen LogP contribution < -0.4 is 19.6 Å². The fourth-order valence-electron chi connectivity index (χ4n) is 7.39. The van der Waals surface area contributed by atoms with E-state index in [4.69, 9.17) is 42.3 Å². The SMILES string of the molecule is COc1cc(-c2oc3cc(O[C@@H]4OC(C)[C@H](O)C(O)[C@@H]4O)cc(O)c3c(=O)c2O[C@@H]2OC(COC(=O)/C=C/c3ccc(O)c(O)c3)[C@@H](O)C(O)[C@@H]2OC2OC(C)[C@H](O)C(O)[C@@H]2O)ccc1O. The zero-order valence-electron chi connectivity index (χ0n) is 35.0. The molecule has 3 aromatic carbocycles. The Morgan fingerprint density at radius 2 is 1.32 bits per heavy atom. The standard InChI is InChI=1S/C43H48O23/c1-15-29(49)33(53)36(56)41(60-15)62-19-12-23(47)28-25(13-19)63-38(18-6-8-21(45)24(11-18)58-3)39(32(28)52)65-43-40(66-42-37(57)34(54)30(50)16(2)61-42)35(55)31(51)26(64-43)14-59-27(48)9-5-17-4-7-20(44)22(46)10-17/h4-13,15-16,26,29-31,33-37,40-47,49-51,53-57H,14H2,1-3H3/b9-5+/t15?,16?,26?,29-,30-,31+,33?,34?,35?,36-,37-,40-,41-,42?,43-/m0/s1. The molecule has 4 aromatic rings. The molecular formula is C43H48O23. The first-order valence-electron chi connectivity index (χ1n) is 20.3. The fourth-order valence-corrected chi connectivity index (χ4v) is 7.39. The number of aromatic hydroxyl groups is 4. The quantitative estimate of drug-likeness (QED) is 0.0450. The molecule has 0 saturated carbocycles. The molecule has 7 unspecified atom stereocenters. The van der Waals surface area contributed by atoms with E-state index in [1.54, 1.807) is 0 Å². The lowest BCUT2D eigenvalue weighted by Crippen LogP contribution is -2.64. The molecule has 0 spiro atoms. The third-order valence-corrected chi connectivity index (χ3v) is 11.2. The molecular weight excluding hydrogens is 884 g/mol. The van der Waals surface area contributed by atoms with Crippen molar-refractivity contribution in [3.63, 3.8) is 0 Å². The first-order valence-corrected chi connectivity index (χ1v) is 20.3. The molecule has 23 heteroatoms. The summed E-state index contributed by atoms with van der Waals surface area (Å²) >= 11 is 0. The molecule has 4 heterocycles. The third-order valence-electron chi connectivity index (χ3n) is 11.2. The normalized spacial score (nSPS) is 32.6. The summed E-state index contributed by atoms with van der Waals surface area (Å²) in [5.74, 6) is -4.60. The van der Waals surface area contributed by atoms with Crippen LogP contribution in [0.25, 0.3) is 28.4 Å². The number of aliphatic hydroxyl groups excluding tert-OH is 8. The van der Waals surface area contributed by atoms with E-state index in [1.807, 2.05) is 0 Å². The van der Waals surface area contributed by atoms with Gasteiger partial charge < -0.3 is 104 Å². The van der Waals surface area contributed by atoms with Crippen LogP contribution in [0.3, 0.4) is 0 Å². The Morgan fingerprint density at radius 1 is 0.667 bits per heavy atom. The van der Waals surface area contributed by atoms with Gasteiger partial charge in [-0.2, -0.15) is 0 Å². The lowest BCUT2D eigenvalue weighted by molar-refractivity contribution is -0.354. The molecule has 3 saturated heterocycles. The number of esters is 1. The van der Waals surface area contributed by atoms with Gasteiger partial charge in [-0.1, -0.05) is 6.07 Å². The molecule has 0 radical (unpaired) electrons. The molecule has 12 N–H and O–H groups in total. The van der Waals surface area contributed by atoms with Crippen molar-refractivity contribution in [1.82, 2.24) is 0 Å².